The molecular formula is C10H19NO7. The molecule has 0 aromatic rings. The van der Waals surface area contributed by atoms with Gasteiger partial charge in [0.05, 0.1) is 19.8 Å². The first-order chi connectivity index (χ1) is 8.60. The highest BCUT2D eigenvalue weighted by Crippen LogP contribution is 2.10. The fraction of sp³-hybridized carbons (Fsp3) is 0.900. The molecule has 4 atom stereocenters. The molecule has 1 heterocycles. The van der Waals surface area contributed by atoms with Crippen molar-refractivity contribution in [3.05, 3.63) is 0 Å². The normalized spacial score (nSPS) is 24.2. The highest BCUT2D eigenvalue weighted by Gasteiger charge is 2.33. The highest BCUT2D eigenvalue weighted by atomic mass is 16.7. The molecule has 0 aromatic heterocycles. The Bertz CT molecular complexity index is 246. The van der Waals surface area contributed by atoms with Crippen LogP contribution in [0.2, 0.25) is 0 Å². The van der Waals surface area contributed by atoms with Crippen molar-refractivity contribution in [3.8, 4) is 0 Å². The number of aldehydes is 1. The van der Waals surface area contributed by atoms with Gasteiger partial charge in [0.2, 0.25) is 0 Å². The van der Waals surface area contributed by atoms with E-state index in [0.717, 1.165) is 0 Å². The summed E-state index contributed by atoms with van der Waals surface area (Å²) in [5.74, 6) is 0. The number of ether oxygens (including phenoxy) is 1. The molecule has 1 aliphatic rings. The minimum Gasteiger partial charge on any atom is -0.394 e. The van der Waals surface area contributed by atoms with Crippen LogP contribution < -0.4 is 0 Å². The molecule has 8 heteroatoms. The molecule has 0 saturated carbocycles. The first-order valence-corrected chi connectivity index (χ1v) is 5.70. The smallest absolute Gasteiger partial charge is 0.163 e. The molecule has 8 nitrogen and oxygen atoms in total. The van der Waals surface area contributed by atoms with Crippen molar-refractivity contribution in [2.75, 3.05) is 32.9 Å². The Labute approximate surface area is 104 Å². The highest BCUT2D eigenvalue weighted by molar-refractivity contribution is 5.57. The minimum atomic E-state index is -1.66. The molecule has 0 spiro atoms. The molecule has 0 amide bonds. The molecule has 1 fully saturated rings. The maximum absolute atomic E-state index is 10.8. The Balaban J connectivity index is 2.50. The van der Waals surface area contributed by atoms with Crippen molar-refractivity contribution < 1.29 is 34.8 Å². The van der Waals surface area contributed by atoms with Gasteiger partial charge in [-0.05, 0) is 0 Å². The summed E-state index contributed by atoms with van der Waals surface area (Å²) in [6.07, 6.45) is -5.78. The van der Waals surface area contributed by atoms with Crippen LogP contribution in [-0.4, -0.2) is 89.1 Å². The van der Waals surface area contributed by atoms with Gasteiger partial charge in [0.25, 0.3) is 0 Å². The fourth-order valence-electron chi connectivity index (χ4n) is 1.52. The summed E-state index contributed by atoms with van der Waals surface area (Å²) in [6, 6.07) is 0. The van der Waals surface area contributed by atoms with Crippen LogP contribution in [0.25, 0.3) is 0 Å². The quantitative estimate of drug-likeness (QED) is 0.357. The lowest BCUT2D eigenvalue weighted by Gasteiger charge is -2.31. The van der Waals surface area contributed by atoms with Gasteiger partial charge in [-0.25, -0.2) is 0 Å². The van der Waals surface area contributed by atoms with Gasteiger partial charge in [-0.2, -0.15) is 5.06 Å². The van der Waals surface area contributed by atoms with E-state index in [1.54, 1.807) is 0 Å². The Kier molecular flexibility index (Phi) is 6.65. The van der Waals surface area contributed by atoms with E-state index < -0.39 is 31.0 Å². The SMILES string of the molecule is O=CC(ON1CCOCC1)C(O)C(O)C(O)CO. The number of aliphatic hydroxyl groups excluding tert-OH is 4. The molecule has 106 valence electrons. The molecule has 18 heavy (non-hydrogen) atoms. The maximum atomic E-state index is 10.8. The fourth-order valence-corrected chi connectivity index (χ4v) is 1.52. The van der Waals surface area contributed by atoms with E-state index in [2.05, 4.69) is 0 Å². The summed E-state index contributed by atoms with van der Waals surface area (Å²) in [5, 5.41) is 38.4. The van der Waals surface area contributed by atoms with Gasteiger partial charge in [-0.15, -0.1) is 0 Å². The van der Waals surface area contributed by atoms with E-state index in [-0.39, 0.29) is 0 Å². The van der Waals surface area contributed by atoms with Gasteiger partial charge in [0.1, 0.15) is 18.3 Å². The van der Waals surface area contributed by atoms with E-state index in [4.69, 9.17) is 14.7 Å². The minimum absolute atomic E-state index is 0.341. The number of morpholine rings is 1. The molecule has 4 N–H and O–H groups in total. The predicted molar refractivity (Wildman–Crippen MR) is 58.4 cm³/mol. The number of carbonyl (C=O) groups is 1. The van der Waals surface area contributed by atoms with Crippen molar-refractivity contribution >= 4 is 6.29 Å². The number of hydroxylamine groups is 2. The molecule has 0 bridgehead atoms. The number of hydrogen-bond donors (Lipinski definition) is 4. The van der Waals surface area contributed by atoms with Crippen molar-refractivity contribution in [1.29, 1.82) is 0 Å². The van der Waals surface area contributed by atoms with Gasteiger partial charge < -0.3 is 30.0 Å². The Morgan fingerprint density at radius 1 is 1.22 bits per heavy atom. The topological polar surface area (TPSA) is 120 Å². The van der Waals surface area contributed by atoms with Gasteiger partial charge >= 0.3 is 0 Å². The van der Waals surface area contributed by atoms with Crippen molar-refractivity contribution in [1.82, 2.24) is 5.06 Å². The Morgan fingerprint density at radius 2 is 1.83 bits per heavy atom. The number of nitrogens with zero attached hydrogens (tertiary/aromatic N) is 1. The summed E-state index contributed by atoms with van der Waals surface area (Å²) in [5.41, 5.74) is 0. The number of hydrogen-bond acceptors (Lipinski definition) is 8. The molecule has 0 radical (unpaired) electrons. The second-order valence-corrected chi connectivity index (χ2v) is 3.98. The summed E-state index contributed by atoms with van der Waals surface area (Å²) in [4.78, 5) is 16.0. The lowest BCUT2D eigenvalue weighted by atomic mass is 10.0. The van der Waals surface area contributed by atoms with Crippen LogP contribution in [0.15, 0.2) is 0 Å². The zero-order valence-electron chi connectivity index (χ0n) is 9.88. The third-order valence-corrected chi connectivity index (χ3v) is 2.64. The molecule has 4 unspecified atom stereocenters. The Morgan fingerprint density at radius 3 is 2.33 bits per heavy atom. The van der Waals surface area contributed by atoms with Crippen LogP contribution >= 0.6 is 0 Å². The summed E-state index contributed by atoms with van der Waals surface area (Å²) in [6.45, 7) is 1.06. The predicted octanol–water partition coefficient (Wildman–Crippen LogP) is -3.11. The molecular weight excluding hydrogens is 246 g/mol. The molecule has 0 aromatic carbocycles. The van der Waals surface area contributed by atoms with E-state index in [0.29, 0.717) is 32.6 Å². The van der Waals surface area contributed by atoms with Crippen LogP contribution in [0.3, 0.4) is 0 Å². The standard InChI is InChI=1S/C10H19NO7/c12-5-7(14)9(15)10(16)8(6-13)18-11-1-3-17-4-2-11/h6-10,12,14-16H,1-5H2. The average molecular weight is 265 g/mol. The summed E-state index contributed by atoms with van der Waals surface area (Å²) in [7, 11) is 0. The maximum Gasteiger partial charge on any atom is 0.163 e. The zero-order valence-corrected chi connectivity index (χ0v) is 9.88. The molecule has 1 rings (SSSR count). The molecule has 1 aliphatic heterocycles. The van der Waals surface area contributed by atoms with Crippen LogP contribution in [0, 0.1) is 0 Å². The lowest BCUT2D eigenvalue weighted by molar-refractivity contribution is -0.247. The average Bonchev–Trinajstić information content (AvgIpc) is 2.43. The first kappa shape index (κ1) is 15.4. The molecule has 0 aliphatic carbocycles. The Hall–Kier alpha value is -0.610. The van der Waals surface area contributed by atoms with Crippen molar-refractivity contribution in [2.24, 2.45) is 0 Å². The van der Waals surface area contributed by atoms with Gasteiger partial charge in [-0.1, -0.05) is 0 Å². The first-order valence-electron chi connectivity index (χ1n) is 5.70. The third-order valence-electron chi connectivity index (χ3n) is 2.64. The molecule has 1 saturated heterocycles. The van der Waals surface area contributed by atoms with Crippen molar-refractivity contribution in [2.45, 2.75) is 24.4 Å². The zero-order chi connectivity index (χ0) is 13.5. The monoisotopic (exact) mass is 265 g/mol. The van der Waals surface area contributed by atoms with Crippen LogP contribution in [0.5, 0.6) is 0 Å². The van der Waals surface area contributed by atoms with Crippen LogP contribution in [0.4, 0.5) is 0 Å². The summed E-state index contributed by atoms with van der Waals surface area (Å²) < 4.78 is 5.08. The summed E-state index contributed by atoms with van der Waals surface area (Å²) >= 11 is 0. The number of carbonyl (C=O) groups excluding carboxylic acids is 1. The van der Waals surface area contributed by atoms with E-state index >= 15 is 0 Å². The van der Waals surface area contributed by atoms with Crippen LogP contribution in [0.1, 0.15) is 0 Å². The third kappa shape index (κ3) is 4.25. The number of aliphatic hydroxyl groups is 4. The van der Waals surface area contributed by atoms with E-state index in [9.17, 15) is 20.1 Å². The second-order valence-electron chi connectivity index (χ2n) is 3.98. The van der Waals surface area contributed by atoms with Gasteiger partial charge in [-0.3, -0.25) is 4.84 Å². The van der Waals surface area contributed by atoms with E-state index in [1.165, 1.54) is 5.06 Å². The van der Waals surface area contributed by atoms with E-state index in [1.807, 2.05) is 0 Å². The lowest BCUT2D eigenvalue weighted by Crippen LogP contribution is -2.50. The second kappa shape index (κ2) is 7.74. The van der Waals surface area contributed by atoms with Gasteiger partial charge in [0, 0.05) is 13.1 Å². The largest absolute Gasteiger partial charge is 0.394 e. The van der Waals surface area contributed by atoms with Gasteiger partial charge in [0.15, 0.2) is 12.4 Å². The van der Waals surface area contributed by atoms with Crippen molar-refractivity contribution in [3.63, 3.8) is 0 Å². The number of rotatable bonds is 7. The van der Waals surface area contributed by atoms with Crippen LogP contribution in [-0.2, 0) is 14.4 Å².